The summed E-state index contributed by atoms with van der Waals surface area (Å²) >= 11 is 0. The van der Waals surface area contributed by atoms with Crippen molar-refractivity contribution in [1.29, 1.82) is 0 Å². The average Bonchev–Trinajstić information content (AvgIpc) is 2.94. The SMILES string of the molecule is CCC1=NN(C(=O)Cc2ccccc2)[C@](O)(c2ccc(C)cc2)C1. The van der Waals surface area contributed by atoms with Crippen molar-refractivity contribution < 1.29 is 9.90 Å². The molecule has 0 saturated heterocycles. The van der Waals surface area contributed by atoms with E-state index in [1.54, 1.807) is 0 Å². The lowest BCUT2D eigenvalue weighted by Gasteiger charge is -2.31. The third-order valence-electron chi connectivity index (χ3n) is 4.40. The molecule has 124 valence electrons. The lowest BCUT2D eigenvalue weighted by atomic mass is 9.95. The lowest BCUT2D eigenvalue weighted by Crippen LogP contribution is -2.44. The van der Waals surface area contributed by atoms with Crippen LogP contribution >= 0.6 is 0 Å². The Labute approximate surface area is 142 Å². The Morgan fingerprint density at radius 2 is 1.83 bits per heavy atom. The molecule has 0 bridgehead atoms. The van der Waals surface area contributed by atoms with Gasteiger partial charge in [0.15, 0.2) is 5.72 Å². The molecule has 0 fully saturated rings. The minimum absolute atomic E-state index is 0.201. The summed E-state index contributed by atoms with van der Waals surface area (Å²) in [5, 5.41) is 16.9. The van der Waals surface area contributed by atoms with Crippen LogP contribution in [0.5, 0.6) is 0 Å². The monoisotopic (exact) mass is 322 g/mol. The summed E-state index contributed by atoms with van der Waals surface area (Å²) in [6, 6.07) is 17.2. The van der Waals surface area contributed by atoms with Gasteiger partial charge < -0.3 is 5.11 Å². The first-order valence-electron chi connectivity index (χ1n) is 8.26. The number of nitrogens with zero attached hydrogens (tertiary/aromatic N) is 2. The topological polar surface area (TPSA) is 52.9 Å². The molecule has 1 aliphatic heterocycles. The Kier molecular flexibility index (Phi) is 4.49. The van der Waals surface area contributed by atoms with Crippen molar-refractivity contribution in [2.24, 2.45) is 5.10 Å². The molecule has 3 rings (SSSR count). The van der Waals surface area contributed by atoms with E-state index in [-0.39, 0.29) is 12.3 Å². The normalized spacial score (nSPS) is 20.1. The van der Waals surface area contributed by atoms with Crippen molar-refractivity contribution in [2.75, 3.05) is 0 Å². The molecule has 0 radical (unpaired) electrons. The molecule has 0 saturated carbocycles. The van der Waals surface area contributed by atoms with Gasteiger partial charge in [0.2, 0.25) is 5.91 Å². The molecular weight excluding hydrogens is 300 g/mol. The van der Waals surface area contributed by atoms with Crippen LogP contribution in [0.15, 0.2) is 59.7 Å². The quantitative estimate of drug-likeness (QED) is 0.938. The summed E-state index contributed by atoms with van der Waals surface area (Å²) in [4.78, 5) is 12.8. The second-order valence-electron chi connectivity index (χ2n) is 6.25. The number of aliphatic hydroxyl groups is 1. The molecule has 2 aromatic carbocycles. The van der Waals surface area contributed by atoms with Crippen LogP contribution in [0.25, 0.3) is 0 Å². The number of aryl methyl sites for hydroxylation is 1. The van der Waals surface area contributed by atoms with Crippen LogP contribution in [0, 0.1) is 6.92 Å². The molecule has 1 aliphatic rings. The Morgan fingerprint density at radius 1 is 1.17 bits per heavy atom. The third-order valence-corrected chi connectivity index (χ3v) is 4.40. The molecule has 0 unspecified atom stereocenters. The van der Waals surface area contributed by atoms with Crippen molar-refractivity contribution in [3.63, 3.8) is 0 Å². The summed E-state index contributed by atoms with van der Waals surface area (Å²) in [5.41, 5.74) is 2.15. The van der Waals surface area contributed by atoms with E-state index < -0.39 is 5.72 Å². The van der Waals surface area contributed by atoms with Crippen LogP contribution in [0.2, 0.25) is 0 Å². The van der Waals surface area contributed by atoms with Crippen LogP contribution in [0.4, 0.5) is 0 Å². The summed E-state index contributed by atoms with van der Waals surface area (Å²) in [6.45, 7) is 3.98. The zero-order chi connectivity index (χ0) is 17.2. The molecule has 1 amide bonds. The van der Waals surface area contributed by atoms with Crippen LogP contribution < -0.4 is 0 Å². The highest BCUT2D eigenvalue weighted by Crippen LogP contribution is 2.36. The highest BCUT2D eigenvalue weighted by atomic mass is 16.3. The summed E-state index contributed by atoms with van der Waals surface area (Å²) in [5.74, 6) is -0.201. The summed E-state index contributed by atoms with van der Waals surface area (Å²) < 4.78 is 0. The highest BCUT2D eigenvalue weighted by molar-refractivity contribution is 5.91. The number of hydrogen-bond donors (Lipinski definition) is 1. The molecule has 4 nitrogen and oxygen atoms in total. The Balaban J connectivity index is 1.91. The van der Waals surface area contributed by atoms with E-state index in [1.165, 1.54) is 5.01 Å². The first-order valence-corrected chi connectivity index (χ1v) is 8.26. The van der Waals surface area contributed by atoms with E-state index in [0.29, 0.717) is 18.4 Å². The minimum Gasteiger partial charge on any atom is -0.365 e. The van der Waals surface area contributed by atoms with E-state index in [4.69, 9.17) is 0 Å². The maximum atomic E-state index is 12.8. The lowest BCUT2D eigenvalue weighted by molar-refractivity contribution is -0.157. The van der Waals surface area contributed by atoms with Gasteiger partial charge in [-0.15, -0.1) is 0 Å². The molecule has 0 aliphatic carbocycles. The smallest absolute Gasteiger partial charge is 0.250 e. The number of carbonyl (C=O) groups is 1. The largest absolute Gasteiger partial charge is 0.365 e. The fourth-order valence-electron chi connectivity index (χ4n) is 2.97. The average molecular weight is 322 g/mol. The van der Waals surface area contributed by atoms with Crippen molar-refractivity contribution >= 4 is 11.6 Å². The van der Waals surface area contributed by atoms with Gasteiger partial charge in [-0.05, 0) is 18.9 Å². The molecule has 24 heavy (non-hydrogen) atoms. The summed E-state index contributed by atoms with van der Waals surface area (Å²) in [6.07, 6.45) is 1.28. The zero-order valence-corrected chi connectivity index (χ0v) is 14.1. The Hall–Kier alpha value is -2.46. The number of carbonyl (C=O) groups excluding carboxylic acids is 1. The van der Waals surface area contributed by atoms with Gasteiger partial charge >= 0.3 is 0 Å². The third kappa shape index (κ3) is 3.10. The number of hydrogen-bond acceptors (Lipinski definition) is 3. The van der Waals surface area contributed by atoms with Crippen molar-refractivity contribution in [3.05, 3.63) is 71.3 Å². The van der Waals surface area contributed by atoms with Crippen LogP contribution in [-0.2, 0) is 16.9 Å². The standard InChI is InChI=1S/C20H22N2O2/c1-3-18-14-20(24,17-11-9-15(2)10-12-17)22(21-18)19(23)13-16-7-5-4-6-8-16/h4-12,24H,3,13-14H2,1-2H3/t20-/m1/s1. The molecule has 1 N–H and O–H groups in total. The molecule has 2 aromatic rings. The zero-order valence-electron chi connectivity index (χ0n) is 14.1. The first kappa shape index (κ1) is 16.4. The highest BCUT2D eigenvalue weighted by Gasteiger charge is 2.45. The second kappa shape index (κ2) is 6.57. The van der Waals surface area contributed by atoms with Crippen molar-refractivity contribution in [1.82, 2.24) is 5.01 Å². The van der Waals surface area contributed by atoms with Crippen LogP contribution in [0.1, 0.15) is 36.5 Å². The van der Waals surface area contributed by atoms with Gasteiger partial charge in [0.25, 0.3) is 0 Å². The van der Waals surface area contributed by atoms with E-state index in [2.05, 4.69) is 5.10 Å². The van der Waals surface area contributed by atoms with E-state index in [9.17, 15) is 9.90 Å². The molecule has 0 spiro atoms. The van der Waals surface area contributed by atoms with E-state index >= 15 is 0 Å². The van der Waals surface area contributed by atoms with E-state index in [0.717, 1.165) is 16.8 Å². The second-order valence-corrected chi connectivity index (χ2v) is 6.25. The maximum Gasteiger partial charge on any atom is 0.250 e. The summed E-state index contributed by atoms with van der Waals surface area (Å²) in [7, 11) is 0. The Morgan fingerprint density at radius 3 is 2.46 bits per heavy atom. The number of benzene rings is 2. The van der Waals surface area contributed by atoms with Crippen molar-refractivity contribution in [2.45, 2.75) is 38.8 Å². The van der Waals surface area contributed by atoms with E-state index in [1.807, 2.05) is 68.4 Å². The molecule has 1 heterocycles. The molecule has 1 atom stereocenters. The Bertz CT molecular complexity index is 753. The van der Waals surface area contributed by atoms with Crippen molar-refractivity contribution in [3.8, 4) is 0 Å². The van der Waals surface area contributed by atoms with Gasteiger partial charge in [-0.25, -0.2) is 0 Å². The first-order chi connectivity index (χ1) is 11.5. The fourth-order valence-corrected chi connectivity index (χ4v) is 2.97. The van der Waals surface area contributed by atoms with Gasteiger partial charge in [0, 0.05) is 17.7 Å². The van der Waals surface area contributed by atoms with Gasteiger partial charge in [0.1, 0.15) is 0 Å². The predicted octanol–water partition coefficient (Wildman–Crippen LogP) is 3.38. The van der Waals surface area contributed by atoms with Gasteiger partial charge in [-0.2, -0.15) is 10.1 Å². The number of rotatable bonds is 4. The molecular formula is C20H22N2O2. The fraction of sp³-hybridized carbons (Fsp3) is 0.300. The van der Waals surface area contributed by atoms with Crippen LogP contribution in [0.3, 0.4) is 0 Å². The van der Waals surface area contributed by atoms with Gasteiger partial charge in [-0.3, -0.25) is 4.79 Å². The van der Waals surface area contributed by atoms with Gasteiger partial charge in [0.05, 0.1) is 6.42 Å². The van der Waals surface area contributed by atoms with Gasteiger partial charge in [-0.1, -0.05) is 67.1 Å². The number of amides is 1. The molecule has 4 heteroatoms. The predicted molar refractivity (Wildman–Crippen MR) is 94.4 cm³/mol. The minimum atomic E-state index is -1.40. The van der Waals surface area contributed by atoms with Crippen LogP contribution in [-0.4, -0.2) is 21.7 Å². The maximum absolute atomic E-state index is 12.8. The number of hydrazone groups is 1. The molecule has 0 aromatic heterocycles.